The van der Waals surface area contributed by atoms with Crippen LogP contribution in [0.15, 0.2) is 30.6 Å². The summed E-state index contributed by atoms with van der Waals surface area (Å²) < 4.78 is 1.64. The molecule has 1 aromatic carbocycles. The topological polar surface area (TPSA) is 50.9 Å². The summed E-state index contributed by atoms with van der Waals surface area (Å²) >= 11 is 0. The van der Waals surface area contributed by atoms with E-state index < -0.39 is 0 Å². The summed E-state index contributed by atoms with van der Waals surface area (Å²) in [6.45, 7) is 2.70. The molecule has 0 radical (unpaired) electrons. The highest BCUT2D eigenvalue weighted by Crippen LogP contribution is 2.15. The fourth-order valence-corrected chi connectivity index (χ4v) is 1.53. The van der Waals surface area contributed by atoms with Crippen LogP contribution in [0.1, 0.15) is 12.5 Å². The number of aromatic nitrogens is 3. The van der Waals surface area contributed by atoms with Gasteiger partial charge in [-0.2, -0.15) is 5.10 Å². The van der Waals surface area contributed by atoms with Gasteiger partial charge in [-0.3, -0.25) is 4.68 Å². The second-order valence-corrected chi connectivity index (χ2v) is 3.61. The average Bonchev–Trinajstić information content (AvgIpc) is 2.78. The normalized spacial score (nSPS) is 10.6. The number of benzene rings is 1. The highest BCUT2D eigenvalue weighted by Gasteiger charge is 2.03. The van der Waals surface area contributed by atoms with Crippen molar-refractivity contribution in [3.05, 3.63) is 36.2 Å². The third-order valence-corrected chi connectivity index (χ3v) is 2.49. The molecule has 0 aliphatic carbocycles. The fraction of sp³-hybridized carbons (Fsp3) is 0.333. The van der Waals surface area contributed by atoms with E-state index >= 15 is 0 Å². The van der Waals surface area contributed by atoms with Gasteiger partial charge in [-0.25, -0.2) is 4.98 Å². The van der Waals surface area contributed by atoms with E-state index in [2.05, 4.69) is 29.1 Å². The molecule has 0 fully saturated rings. The van der Waals surface area contributed by atoms with Crippen LogP contribution in [0.5, 0.6) is 0 Å². The zero-order valence-electron chi connectivity index (χ0n) is 9.30. The summed E-state index contributed by atoms with van der Waals surface area (Å²) in [6, 6.07) is 8.22. The van der Waals surface area contributed by atoms with Gasteiger partial charge in [-0.15, -0.1) is 0 Å². The third kappa shape index (κ3) is 2.28. The summed E-state index contributed by atoms with van der Waals surface area (Å²) in [5, 5.41) is 13.1. The molecule has 0 bridgehead atoms. The van der Waals surface area contributed by atoms with Crippen molar-refractivity contribution in [1.82, 2.24) is 14.8 Å². The zero-order valence-corrected chi connectivity index (χ0v) is 9.30. The van der Waals surface area contributed by atoms with Crippen molar-refractivity contribution < 1.29 is 5.11 Å². The second kappa shape index (κ2) is 4.90. The molecule has 0 saturated heterocycles. The Morgan fingerprint density at radius 1 is 1.25 bits per heavy atom. The number of aryl methyl sites for hydroxylation is 1. The zero-order chi connectivity index (χ0) is 11.4. The number of hydrogen-bond donors (Lipinski definition) is 1. The lowest BCUT2D eigenvalue weighted by atomic mass is 10.1. The van der Waals surface area contributed by atoms with Crippen LogP contribution in [0.4, 0.5) is 0 Å². The number of rotatable bonds is 4. The molecule has 4 nitrogen and oxygen atoms in total. The van der Waals surface area contributed by atoms with Crippen molar-refractivity contribution in [3.63, 3.8) is 0 Å². The van der Waals surface area contributed by atoms with Gasteiger partial charge >= 0.3 is 0 Å². The molecule has 1 N–H and O–H groups in total. The Bertz CT molecular complexity index is 448. The van der Waals surface area contributed by atoms with Crippen LogP contribution in [0.2, 0.25) is 0 Å². The van der Waals surface area contributed by atoms with Gasteiger partial charge < -0.3 is 5.11 Å². The first-order chi connectivity index (χ1) is 7.83. The quantitative estimate of drug-likeness (QED) is 0.844. The molecule has 0 spiro atoms. The molecular formula is C12H15N3O. The molecule has 0 aliphatic rings. The predicted octanol–water partition coefficient (Wildman–Crippen LogP) is 1.50. The Morgan fingerprint density at radius 2 is 2.00 bits per heavy atom. The van der Waals surface area contributed by atoms with Crippen molar-refractivity contribution in [2.75, 3.05) is 6.61 Å². The molecule has 4 heteroatoms. The van der Waals surface area contributed by atoms with E-state index in [-0.39, 0.29) is 6.61 Å². The Kier molecular flexibility index (Phi) is 3.31. The molecule has 84 valence electrons. The van der Waals surface area contributed by atoms with Crippen LogP contribution in [-0.4, -0.2) is 26.5 Å². The van der Waals surface area contributed by atoms with Gasteiger partial charge in [-0.1, -0.05) is 31.2 Å². The molecule has 1 aromatic heterocycles. The largest absolute Gasteiger partial charge is 0.394 e. The minimum atomic E-state index is 0.0809. The SMILES string of the molecule is CCc1ccc(-c2ncn(CCO)n2)cc1. The van der Waals surface area contributed by atoms with E-state index in [1.54, 1.807) is 11.0 Å². The minimum Gasteiger partial charge on any atom is -0.394 e. The van der Waals surface area contributed by atoms with Crippen molar-refractivity contribution in [3.8, 4) is 11.4 Å². The smallest absolute Gasteiger partial charge is 0.181 e. The lowest BCUT2D eigenvalue weighted by Gasteiger charge is -1.98. The van der Waals surface area contributed by atoms with E-state index in [0.717, 1.165) is 12.0 Å². The molecule has 2 aromatic rings. The summed E-state index contributed by atoms with van der Waals surface area (Å²) in [4.78, 5) is 4.20. The summed E-state index contributed by atoms with van der Waals surface area (Å²) in [6.07, 6.45) is 2.67. The third-order valence-electron chi connectivity index (χ3n) is 2.49. The average molecular weight is 217 g/mol. The van der Waals surface area contributed by atoms with Crippen LogP contribution >= 0.6 is 0 Å². The van der Waals surface area contributed by atoms with E-state index in [4.69, 9.17) is 5.11 Å². The molecule has 0 unspecified atom stereocenters. The van der Waals surface area contributed by atoms with Gasteiger partial charge in [0.1, 0.15) is 6.33 Å². The number of aliphatic hydroxyl groups is 1. The molecule has 1 heterocycles. The van der Waals surface area contributed by atoms with Gasteiger partial charge in [0.2, 0.25) is 0 Å². The van der Waals surface area contributed by atoms with Crippen LogP contribution in [-0.2, 0) is 13.0 Å². The highest BCUT2D eigenvalue weighted by atomic mass is 16.3. The highest BCUT2D eigenvalue weighted by molar-refractivity contribution is 5.54. The van der Waals surface area contributed by atoms with E-state index in [9.17, 15) is 0 Å². The molecule has 0 amide bonds. The maximum atomic E-state index is 8.78. The predicted molar refractivity (Wildman–Crippen MR) is 61.9 cm³/mol. The maximum Gasteiger partial charge on any atom is 0.181 e. The maximum absolute atomic E-state index is 8.78. The molecule has 0 aliphatic heterocycles. The first-order valence-corrected chi connectivity index (χ1v) is 5.43. The Morgan fingerprint density at radius 3 is 2.62 bits per heavy atom. The summed E-state index contributed by atoms with van der Waals surface area (Å²) in [5.41, 5.74) is 2.31. The monoisotopic (exact) mass is 217 g/mol. The van der Waals surface area contributed by atoms with Gasteiger partial charge in [-0.05, 0) is 12.0 Å². The molecule has 16 heavy (non-hydrogen) atoms. The summed E-state index contributed by atoms with van der Waals surface area (Å²) in [5.74, 6) is 0.705. The Hall–Kier alpha value is -1.68. The second-order valence-electron chi connectivity index (χ2n) is 3.61. The van der Waals surface area contributed by atoms with Crippen molar-refractivity contribution in [2.45, 2.75) is 19.9 Å². The molecule has 0 saturated carbocycles. The van der Waals surface area contributed by atoms with Gasteiger partial charge in [0.15, 0.2) is 5.82 Å². The first kappa shape index (κ1) is 10.8. The van der Waals surface area contributed by atoms with Gasteiger partial charge in [0.05, 0.1) is 13.2 Å². The van der Waals surface area contributed by atoms with Crippen molar-refractivity contribution in [2.24, 2.45) is 0 Å². The lowest BCUT2D eigenvalue weighted by molar-refractivity contribution is 0.269. The minimum absolute atomic E-state index is 0.0809. The van der Waals surface area contributed by atoms with Crippen LogP contribution < -0.4 is 0 Å². The first-order valence-electron chi connectivity index (χ1n) is 5.43. The van der Waals surface area contributed by atoms with Crippen molar-refractivity contribution >= 4 is 0 Å². The van der Waals surface area contributed by atoms with Crippen LogP contribution in [0, 0.1) is 0 Å². The number of nitrogens with zero attached hydrogens (tertiary/aromatic N) is 3. The molecular weight excluding hydrogens is 202 g/mol. The van der Waals surface area contributed by atoms with E-state index in [1.165, 1.54) is 5.56 Å². The number of hydrogen-bond acceptors (Lipinski definition) is 3. The van der Waals surface area contributed by atoms with E-state index in [1.807, 2.05) is 12.1 Å². The van der Waals surface area contributed by atoms with Gasteiger partial charge in [0.25, 0.3) is 0 Å². The van der Waals surface area contributed by atoms with E-state index in [0.29, 0.717) is 12.4 Å². The van der Waals surface area contributed by atoms with Crippen LogP contribution in [0.25, 0.3) is 11.4 Å². The number of aliphatic hydroxyl groups excluding tert-OH is 1. The summed E-state index contributed by atoms with van der Waals surface area (Å²) in [7, 11) is 0. The Balaban J connectivity index is 2.21. The molecule has 2 rings (SSSR count). The van der Waals surface area contributed by atoms with Crippen LogP contribution in [0.3, 0.4) is 0 Å². The van der Waals surface area contributed by atoms with Crippen molar-refractivity contribution in [1.29, 1.82) is 0 Å². The Labute approximate surface area is 94.6 Å². The molecule has 0 atom stereocenters. The standard InChI is InChI=1S/C12H15N3O/c1-2-10-3-5-11(6-4-10)12-13-9-15(14-12)7-8-16/h3-6,9,16H,2,7-8H2,1H3. The van der Waals surface area contributed by atoms with Gasteiger partial charge in [0, 0.05) is 5.56 Å². The lowest BCUT2D eigenvalue weighted by Crippen LogP contribution is -2.02. The fourth-order valence-electron chi connectivity index (χ4n) is 1.53.